The van der Waals surface area contributed by atoms with Gasteiger partial charge in [-0.1, -0.05) is 11.6 Å². The SMILES string of the molecule is Cc1cc(C(=O)CC2CCCN(S(C)(=O)=O)C2)ccc1Cl. The van der Waals surface area contributed by atoms with Crippen molar-refractivity contribution < 1.29 is 13.2 Å². The monoisotopic (exact) mass is 329 g/mol. The summed E-state index contributed by atoms with van der Waals surface area (Å²) in [6.07, 6.45) is 3.31. The maximum Gasteiger partial charge on any atom is 0.211 e. The molecule has 1 aromatic carbocycles. The highest BCUT2D eigenvalue weighted by Crippen LogP contribution is 2.24. The lowest BCUT2D eigenvalue weighted by atomic mass is 9.91. The summed E-state index contributed by atoms with van der Waals surface area (Å²) in [4.78, 5) is 12.3. The summed E-state index contributed by atoms with van der Waals surface area (Å²) in [5.41, 5.74) is 1.53. The van der Waals surface area contributed by atoms with Gasteiger partial charge in [-0.2, -0.15) is 0 Å². The second-order valence-corrected chi connectivity index (χ2v) is 8.11. The number of aryl methyl sites for hydroxylation is 1. The molecule has 1 saturated heterocycles. The molecule has 0 radical (unpaired) electrons. The zero-order valence-electron chi connectivity index (χ0n) is 12.3. The number of benzene rings is 1. The van der Waals surface area contributed by atoms with Crippen LogP contribution in [0.3, 0.4) is 0 Å². The largest absolute Gasteiger partial charge is 0.294 e. The van der Waals surface area contributed by atoms with Gasteiger partial charge in [-0.25, -0.2) is 12.7 Å². The van der Waals surface area contributed by atoms with Crippen molar-refractivity contribution in [3.05, 3.63) is 34.3 Å². The van der Waals surface area contributed by atoms with Crippen LogP contribution in [0.4, 0.5) is 0 Å². The number of nitrogens with zero attached hydrogens (tertiary/aromatic N) is 1. The Hall–Kier alpha value is -0.910. The van der Waals surface area contributed by atoms with E-state index < -0.39 is 10.0 Å². The summed E-state index contributed by atoms with van der Waals surface area (Å²) in [7, 11) is -3.17. The van der Waals surface area contributed by atoms with Gasteiger partial charge in [0.2, 0.25) is 10.0 Å². The normalized spacial score (nSPS) is 20.4. The highest BCUT2D eigenvalue weighted by Gasteiger charge is 2.27. The average molecular weight is 330 g/mol. The van der Waals surface area contributed by atoms with Gasteiger partial charge < -0.3 is 0 Å². The molecule has 1 fully saturated rings. The lowest BCUT2D eigenvalue weighted by Crippen LogP contribution is -2.39. The molecule has 0 bridgehead atoms. The predicted molar refractivity (Wildman–Crippen MR) is 84.3 cm³/mol. The smallest absolute Gasteiger partial charge is 0.211 e. The molecule has 116 valence electrons. The number of sulfonamides is 1. The van der Waals surface area contributed by atoms with Crippen LogP contribution in [0.25, 0.3) is 0 Å². The van der Waals surface area contributed by atoms with E-state index in [0.29, 0.717) is 30.1 Å². The van der Waals surface area contributed by atoms with E-state index in [4.69, 9.17) is 11.6 Å². The Morgan fingerprint density at radius 2 is 2.14 bits per heavy atom. The number of carbonyl (C=O) groups is 1. The van der Waals surface area contributed by atoms with Crippen LogP contribution in [0.1, 0.15) is 35.2 Å². The van der Waals surface area contributed by atoms with E-state index in [-0.39, 0.29) is 11.7 Å². The highest BCUT2D eigenvalue weighted by atomic mass is 35.5. The van der Waals surface area contributed by atoms with Crippen LogP contribution in [0.2, 0.25) is 5.02 Å². The van der Waals surface area contributed by atoms with Gasteiger partial charge in [0, 0.05) is 30.1 Å². The number of hydrogen-bond acceptors (Lipinski definition) is 3. The van der Waals surface area contributed by atoms with E-state index in [1.807, 2.05) is 6.92 Å². The molecule has 1 heterocycles. The Kier molecular flexibility index (Phi) is 5.07. The van der Waals surface area contributed by atoms with Crippen LogP contribution in [-0.4, -0.2) is 37.9 Å². The fraction of sp³-hybridized carbons (Fsp3) is 0.533. The molecule has 1 unspecified atom stereocenters. The van der Waals surface area contributed by atoms with Crippen LogP contribution in [0.15, 0.2) is 18.2 Å². The van der Waals surface area contributed by atoms with Gasteiger partial charge in [0.1, 0.15) is 0 Å². The summed E-state index contributed by atoms with van der Waals surface area (Å²) in [5, 5.41) is 0.646. The topological polar surface area (TPSA) is 54.5 Å². The van der Waals surface area contributed by atoms with Gasteiger partial charge in [0.15, 0.2) is 5.78 Å². The van der Waals surface area contributed by atoms with Crippen molar-refractivity contribution in [1.82, 2.24) is 4.31 Å². The minimum absolute atomic E-state index is 0.0510. The molecule has 6 heteroatoms. The number of carbonyl (C=O) groups excluding carboxylic acids is 1. The summed E-state index contributed by atoms with van der Waals surface area (Å²) in [5.74, 6) is 0.145. The summed E-state index contributed by atoms with van der Waals surface area (Å²) in [6, 6.07) is 5.25. The number of hydrogen-bond donors (Lipinski definition) is 0. The molecule has 0 aromatic heterocycles. The van der Waals surface area contributed by atoms with E-state index in [2.05, 4.69) is 0 Å². The Morgan fingerprint density at radius 3 is 2.76 bits per heavy atom. The molecule has 21 heavy (non-hydrogen) atoms. The summed E-state index contributed by atoms with van der Waals surface area (Å²) < 4.78 is 24.7. The molecule has 1 atom stereocenters. The lowest BCUT2D eigenvalue weighted by Gasteiger charge is -2.30. The van der Waals surface area contributed by atoms with Gasteiger partial charge in [0.25, 0.3) is 0 Å². The van der Waals surface area contributed by atoms with Gasteiger partial charge in [-0.3, -0.25) is 4.79 Å². The van der Waals surface area contributed by atoms with Crippen molar-refractivity contribution in [2.75, 3.05) is 19.3 Å². The minimum Gasteiger partial charge on any atom is -0.294 e. The first kappa shape index (κ1) is 16.5. The minimum atomic E-state index is -3.17. The molecule has 0 spiro atoms. The van der Waals surface area contributed by atoms with Crippen molar-refractivity contribution >= 4 is 27.4 Å². The van der Waals surface area contributed by atoms with Crippen LogP contribution in [-0.2, 0) is 10.0 Å². The van der Waals surface area contributed by atoms with E-state index in [1.54, 1.807) is 18.2 Å². The maximum absolute atomic E-state index is 12.3. The molecule has 0 saturated carbocycles. The molecule has 0 aliphatic carbocycles. The number of Topliss-reactive ketones (excluding diaryl/α,β-unsaturated/α-hetero) is 1. The van der Waals surface area contributed by atoms with E-state index in [1.165, 1.54) is 10.6 Å². The third-order valence-electron chi connectivity index (χ3n) is 3.90. The van der Waals surface area contributed by atoms with E-state index in [0.717, 1.165) is 18.4 Å². The lowest BCUT2D eigenvalue weighted by molar-refractivity contribution is 0.0942. The van der Waals surface area contributed by atoms with Crippen LogP contribution >= 0.6 is 11.6 Å². The summed E-state index contributed by atoms with van der Waals surface area (Å²) >= 11 is 5.96. The molecular weight excluding hydrogens is 310 g/mol. The molecule has 0 amide bonds. The van der Waals surface area contributed by atoms with Gasteiger partial charge in [0.05, 0.1) is 6.26 Å². The molecule has 1 aliphatic heterocycles. The average Bonchev–Trinajstić information content (AvgIpc) is 2.41. The fourth-order valence-electron chi connectivity index (χ4n) is 2.69. The number of piperidine rings is 1. The van der Waals surface area contributed by atoms with E-state index >= 15 is 0 Å². The Balaban J connectivity index is 2.03. The quantitative estimate of drug-likeness (QED) is 0.798. The maximum atomic E-state index is 12.3. The van der Waals surface area contributed by atoms with Gasteiger partial charge in [-0.15, -0.1) is 0 Å². The summed E-state index contributed by atoms with van der Waals surface area (Å²) in [6.45, 7) is 2.87. The molecule has 4 nitrogen and oxygen atoms in total. The van der Waals surface area contributed by atoms with Crippen LogP contribution in [0, 0.1) is 12.8 Å². The van der Waals surface area contributed by atoms with E-state index in [9.17, 15) is 13.2 Å². The highest BCUT2D eigenvalue weighted by molar-refractivity contribution is 7.88. The Labute approximate surface area is 131 Å². The van der Waals surface area contributed by atoms with Crippen LogP contribution in [0.5, 0.6) is 0 Å². The Bertz CT molecular complexity index is 642. The second kappa shape index (κ2) is 6.46. The first-order chi connectivity index (χ1) is 9.77. The first-order valence-electron chi connectivity index (χ1n) is 7.02. The zero-order valence-corrected chi connectivity index (χ0v) is 13.9. The van der Waals surface area contributed by atoms with Crippen molar-refractivity contribution in [2.45, 2.75) is 26.2 Å². The number of halogens is 1. The third kappa shape index (κ3) is 4.28. The first-order valence-corrected chi connectivity index (χ1v) is 9.24. The van der Waals surface area contributed by atoms with Crippen molar-refractivity contribution in [3.8, 4) is 0 Å². The zero-order chi connectivity index (χ0) is 15.6. The standard InChI is InChI=1S/C15H20ClNO3S/c1-11-8-13(5-6-14(11)16)15(18)9-12-4-3-7-17(10-12)21(2,19)20/h5-6,8,12H,3-4,7,9-10H2,1-2H3. The Morgan fingerprint density at radius 1 is 1.43 bits per heavy atom. The van der Waals surface area contributed by atoms with Crippen molar-refractivity contribution in [3.63, 3.8) is 0 Å². The van der Waals surface area contributed by atoms with Gasteiger partial charge >= 0.3 is 0 Å². The van der Waals surface area contributed by atoms with Crippen LogP contribution < -0.4 is 0 Å². The molecular formula is C15H20ClNO3S. The van der Waals surface area contributed by atoms with Crippen molar-refractivity contribution in [2.24, 2.45) is 5.92 Å². The number of rotatable bonds is 4. The van der Waals surface area contributed by atoms with Gasteiger partial charge in [-0.05, 0) is 49.4 Å². The van der Waals surface area contributed by atoms with Crippen molar-refractivity contribution in [1.29, 1.82) is 0 Å². The fourth-order valence-corrected chi connectivity index (χ4v) is 3.75. The molecule has 1 aliphatic rings. The molecule has 0 N–H and O–H groups in total. The predicted octanol–water partition coefficient (Wildman–Crippen LogP) is 2.89. The third-order valence-corrected chi connectivity index (χ3v) is 5.60. The molecule has 2 rings (SSSR count). The second-order valence-electron chi connectivity index (χ2n) is 5.72. The molecule has 1 aromatic rings. The number of ketones is 1.